The molecule has 0 aliphatic carbocycles. The quantitative estimate of drug-likeness (QED) is 0.236. The Morgan fingerprint density at radius 2 is 1.58 bits per heavy atom. The molecule has 10 heteroatoms. The predicted octanol–water partition coefficient (Wildman–Crippen LogP) is 2.50. The van der Waals surface area contributed by atoms with E-state index in [2.05, 4.69) is 31.4 Å². The molecule has 0 aliphatic rings. The smallest absolute Gasteiger partial charge is 0.272 e. The first-order chi connectivity index (χ1) is 17.4. The van der Waals surface area contributed by atoms with E-state index in [1.165, 1.54) is 13.1 Å². The number of benzene rings is 3. The number of amides is 3. The number of nitrogens with zero attached hydrogens (tertiary/aromatic N) is 2. The number of hydrazone groups is 1. The second kappa shape index (κ2) is 10.9. The number of rotatable bonds is 7. The normalized spacial score (nSPS) is 11.7. The van der Waals surface area contributed by atoms with Crippen molar-refractivity contribution in [3.8, 4) is 0 Å². The van der Waals surface area contributed by atoms with Gasteiger partial charge in [-0.2, -0.15) is 10.2 Å². The van der Waals surface area contributed by atoms with Gasteiger partial charge in [-0.1, -0.05) is 48.5 Å². The summed E-state index contributed by atoms with van der Waals surface area (Å²) >= 11 is 0. The van der Waals surface area contributed by atoms with Gasteiger partial charge in [0.25, 0.3) is 17.4 Å². The molecule has 0 spiro atoms. The first-order valence-electron chi connectivity index (χ1n) is 11.0. The van der Waals surface area contributed by atoms with E-state index < -0.39 is 23.4 Å². The van der Waals surface area contributed by atoms with Gasteiger partial charge >= 0.3 is 0 Å². The third-order valence-corrected chi connectivity index (χ3v) is 5.19. The molecule has 3 aromatic carbocycles. The van der Waals surface area contributed by atoms with Gasteiger partial charge in [-0.05, 0) is 35.9 Å². The number of carbonyl (C=O) groups excluding carboxylic acids is 3. The van der Waals surface area contributed by atoms with Gasteiger partial charge in [-0.3, -0.25) is 19.2 Å². The average Bonchev–Trinajstić information content (AvgIpc) is 2.89. The van der Waals surface area contributed by atoms with Crippen molar-refractivity contribution in [1.29, 1.82) is 0 Å². The van der Waals surface area contributed by atoms with Gasteiger partial charge in [0.05, 0.1) is 11.6 Å². The molecule has 1 aromatic heterocycles. The summed E-state index contributed by atoms with van der Waals surface area (Å²) in [6.45, 7) is 1.42. The number of fused-ring (bicyclic) bond motifs is 1. The Balaban J connectivity index is 1.60. The maximum Gasteiger partial charge on any atom is 0.272 e. The highest BCUT2D eigenvalue weighted by molar-refractivity contribution is 5.99. The lowest BCUT2D eigenvalue weighted by molar-refractivity contribution is -0.123. The zero-order chi connectivity index (χ0) is 25.5. The Kier molecular flexibility index (Phi) is 7.25. The van der Waals surface area contributed by atoms with E-state index >= 15 is 0 Å². The average molecular weight is 483 g/mol. The zero-order valence-corrected chi connectivity index (χ0v) is 19.2. The summed E-state index contributed by atoms with van der Waals surface area (Å²) in [7, 11) is 0. The fraction of sp³-hybridized carbons (Fsp3) is 0.0769. The van der Waals surface area contributed by atoms with Crippen LogP contribution >= 0.6 is 0 Å². The van der Waals surface area contributed by atoms with Gasteiger partial charge in [0.2, 0.25) is 5.91 Å². The summed E-state index contributed by atoms with van der Waals surface area (Å²) in [6, 6.07) is 20.7. The van der Waals surface area contributed by atoms with Gasteiger partial charge in [0, 0.05) is 23.6 Å². The number of nitrogens with one attached hydrogen (secondary N) is 4. The molecule has 1 atom stereocenters. The molecule has 0 saturated heterocycles. The molecular weight excluding hydrogens is 460 g/mol. The number of anilines is 1. The Morgan fingerprint density at radius 3 is 2.28 bits per heavy atom. The number of H-pyrrole nitrogens is 1. The van der Waals surface area contributed by atoms with Crippen LogP contribution in [0.4, 0.5) is 5.69 Å². The third-order valence-electron chi connectivity index (χ3n) is 5.19. The highest BCUT2D eigenvalue weighted by Crippen LogP contribution is 2.20. The third kappa shape index (κ3) is 5.68. The highest BCUT2D eigenvalue weighted by atomic mass is 16.2. The van der Waals surface area contributed by atoms with E-state index in [0.29, 0.717) is 27.6 Å². The van der Waals surface area contributed by atoms with Gasteiger partial charge in [-0.25, -0.2) is 10.5 Å². The second-order valence-electron chi connectivity index (χ2n) is 7.79. The molecule has 3 amide bonds. The maximum absolute atomic E-state index is 13.2. The van der Waals surface area contributed by atoms with Crippen LogP contribution in [0, 0.1) is 0 Å². The summed E-state index contributed by atoms with van der Waals surface area (Å²) in [6.07, 6.45) is 1.42. The number of aromatic nitrogens is 2. The van der Waals surface area contributed by atoms with E-state index in [0.717, 1.165) is 0 Å². The summed E-state index contributed by atoms with van der Waals surface area (Å²) in [5.41, 5.74) is 3.83. The lowest BCUT2D eigenvalue weighted by atomic mass is 10.0. The Labute approximate surface area is 205 Å². The van der Waals surface area contributed by atoms with Crippen LogP contribution in [0.15, 0.2) is 88.8 Å². The molecule has 180 valence electrons. The summed E-state index contributed by atoms with van der Waals surface area (Å²) < 4.78 is 0. The SMILES string of the molecule is CC(=O)Nc1ccc(C=NNC(=O)C(NC(=O)c2ccccc2)c2n[nH]c(=O)c3ccccc23)cc1. The van der Waals surface area contributed by atoms with Crippen LogP contribution in [0.25, 0.3) is 10.8 Å². The van der Waals surface area contributed by atoms with Crippen molar-refractivity contribution in [1.82, 2.24) is 20.9 Å². The van der Waals surface area contributed by atoms with Crippen molar-refractivity contribution in [3.05, 3.63) is 106 Å². The molecule has 0 bridgehead atoms. The van der Waals surface area contributed by atoms with Crippen LogP contribution in [0.2, 0.25) is 0 Å². The minimum Gasteiger partial charge on any atom is -0.335 e. The number of hydrogen-bond donors (Lipinski definition) is 4. The molecule has 0 saturated carbocycles. The van der Waals surface area contributed by atoms with Crippen LogP contribution in [0.3, 0.4) is 0 Å². The van der Waals surface area contributed by atoms with E-state index in [1.807, 2.05) is 0 Å². The fourth-order valence-electron chi connectivity index (χ4n) is 3.51. The van der Waals surface area contributed by atoms with Crippen molar-refractivity contribution in [2.45, 2.75) is 13.0 Å². The molecule has 36 heavy (non-hydrogen) atoms. The van der Waals surface area contributed by atoms with Crippen molar-refractivity contribution < 1.29 is 14.4 Å². The van der Waals surface area contributed by atoms with Crippen molar-refractivity contribution >= 4 is 40.4 Å². The van der Waals surface area contributed by atoms with E-state index in [9.17, 15) is 19.2 Å². The van der Waals surface area contributed by atoms with Gasteiger partial charge < -0.3 is 10.6 Å². The molecule has 4 rings (SSSR count). The van der Waals surface area contributed by atoms with Gasteiger partial charge in [0.15, 0.2) is 6.04 Å². The van der Waals surface area contributed by atoms with Crippen molar-refractivity contribution in [3.63, 3.8) is 0 Å². The van der Waals surface area contributed by atoms with E-state index in [-0.39, 0.29) is 11.6 Å². The topological polar surface area (TPSA) is 145 Å². The van der Waals surface area contributed by atoms with Crippen LogP contribution < -0.4 is 21.6 Å². The van der Waals surface area contributed by atoms with Gasteiger partial charge in [-0.15, -0.1) is 0 Å². The number of hydrogen-bond acceptors (Lipinski definition) is 6. The Morgan fingerprint density at radius 1 is 0.917 bits per heavy atom. The van der Waals surface area contributed by atoms with Gasteiger partial charge in [0.1, 0.15) is 5.69 Å². The number of carbonyl (C=O) groups is 3. The lowest BCUT2D eigenvalue weighted by Gasteiger charge is -2.18. The second-order valence-corrected chi connectivity index (χ2v) is 7.79. The predicted molar refractivity (Wildman–Crippen MR) is 135 cm³/mol. The molecule has 1 heterocycles. The number of aromatic amines is 1. The van der Waals surface area contributed by atoms with Crippen molar-refractivity contribution in [2.75, 3.05) is 5.32 Å². The molecule has 10 nitrogen and oxygen atoms in total. The first-order valence-corrected chi connectivity index (χ1v) is 11.0. The Hall–Kier alpha value is -5.12. The molecule has 1 unspecified atom stereocenters. The summed E-state index contributed by atoms with van der Waals surface area (Å²) in [5, 5.41) is 16.6. The molecule has 0 aliphatic heterocycles. The molecule has 4 N–H and O–H groups in total. The van der Waals surface area contributed by atoms with Crippen molar-refractivity contribution in [2.24, 2.45) is 5.10 Å². The largest absolute Gasteiger partial charge is 0.335 e. The fourth-order valence-corrected chi connectivity index (χ4v) is 3.51. The standard InChI is InChI=1S/C26H22N6O4/c1-16(33)28-19-13-11-17(12-14-19)15-27-31-26(36)23(29-24(34)18-7-3-2-4-8-18)22-20-9-5-6-10-21(20)25(35)32-30-22/h2-15,23H,1H3,(H,28,33)(H,29,34)(H,31,36)(H,32,35). The van der Waals surface area contributed by atoms with Crippen LogP contribution in [-0.4, -0.2) is 34.1 Å². The van der Waals surface area contributed by atoms with Crippen LogP contribution in [0.1, 0.15) is 34.6 Å². The minimum atomic E-state index is -1.25. The van der Waals surface area contributed by atoms with E-state index in [1.54, 1.807) is 78.9 Å². The lowest BCUT2D eigenvalue weighted by Crippen LogP contribution is -2.40. The minimum absolute atomic E-state index is 0.168. The van der Waals surface area contributed by atoms with E-state index in [4.69, 9.17) is 0 Å². The highest BCUT2D eigenvalue weighted by Gasteiger charge is 2.27. The monoisotopic (exact) mass is 482 g/mol. The van der Waals surface area contributed by atoms with Crippen LogP contribution in [0.5, 0.6) is 0 Å². The molecular formula is C26H22N6O4. The summed E-state index contributed by atoms with van der Waals surface area (Å²) in [4.78, 5) is 49.4. The molecule has 4 aromatic rings. The molecule has 0 radical (unpaired) electrons. The summed E-state index contributed by atoms with van der Waals surface area (Å²) in [5.74, 6) is -1.34. The maximum atomic E-state index is 13.2. The van der Waals surface area contributed by atoms with Crippen LogP contribution in [-0.2, 0) is 9.59 Å². The first kappa shape index (κ1) is 24.0. The Bertz CT molecular complexity index is 1500. The zero-order valence-electron chi connectivity index (χ0n) is 19.2. The molecule has 0 fully saturated rings.